The summed E-state index contributed by atoms with van der Waals surface area (Å²) in [5.74, 6) is 6.12. The van der Waals surface area contributed by atoms with E-state index in [1.807, 2.05) is 76.8 Å². The van der Waals surface area contributed by atoms with E-state index >= 15 is 0 Å². The summed E-state index contributed by atoms with van der Waals surface area (Å²) in [7, 11) is 7.69. The van der Waals surface area contributed by atoms with Gasteiger partial charge in [0, 0.05) is 51.8 Å². The molecule has 0 saturated heterocycles. The Labute approximate surface area is 416 Å². The molecule has 15 nitrogen and oxygen atoms in total. The minimum Gasteiger partial charge on any atom is -0.491 e. The molecular weight excluding hydrogens is 934 g/mol. The molecule has 0 aliphatic heterocycles. The number of ether oxygens (including phenoxy) is 4. The monoisotopic (exact) mass is 1000 g/mol. The predicted molar refractivity (Wildman–Crippen MR) is 278 cm³/mol. The average molecular weight is 1000 g/mol. The molecule has 3 aromatic heterocycles. The van der Waals surface area contributed by atoms with Gasteiger partial charge in [0.25, 0.3) is 0 Å². The summed E-state index contributed by atoms with van der Waals surface area (Å²) >= 11 is 2.95. The van der Waals surface area contributed by atoms with E-state index in [0.29, 0.717) is 79.6 Å². The molecular formula is C50H70FN9O6S2Si. The van der Waals surface area contributed by atoms with Gasteiger partial charge in [-0.1, -0.05) is 55.0 Å². The average Bonchev–Trinajstić information content (AvgIpc) is 3.86. The normalized spacial score (nSPS) is 12.1. The fourth-order valence-electron chi connectivity index (χ4n) is 6.68. The summed E-state index contributed by atoms with van der Waals surface area (Å²) in [6.07, 6.45) is 2.15. The van der Waals surface area contributed by atoms with Crippen molar-refractivity contribution in [3.8, 4) is 17.6 Å². The minimum atomic E-state index is -1.27. The van der Waals surface area contributed by atoms with Crippen LogP contribution in [0.4, 0.5) is 26.0 Å². The van der Waals surface area contributed by atoms with Gasteiger partial charge in [-0.25, -0.2) is 19.0 Å². The molecule has 0 N–H and O–H groups in total. The van der Waals surface area contributed by atoms with E-state index < -0.39 is 25.5 Å². The Balaban J connectivity index is 1.37. The molecule has 5 rings (SSSR count). The molecule has 19 heteroatoms. The van der Waals surface area contributed by atoms with Crippen LogP contribution in [0.1, 0.15) is 66.5 Å². The lowest BCUT2D eigenvalue weighted by Crippen LogP contribution is -2.38. The number of nitrogens with zero attached hydrogens (tertiary/aromatic N) is 9. The number of benzene rings is 2. The van der Waals surface area contributed by atoms with Gasteiger partial charge in [-0.05, 0) is 129 Å². The number of hydrogen-bond acceptors (Lipinski definition) is 15. The number of aromatic nitrogens is 4. The molecule has 374 valence electrons. The molecule has 1 amide bonds. The maximum Gasteiger partial charge on any atom is 0.410 e. The third kappa shape index (κ3) is 17.3. The highest BCUT2D eigenvalue weighted by Gasteiger charge is 2.25. The molecule has 5 aromatic rings. The number of unbranched alkanes of at least 4 members (excludes halogenated alkanes) is 1. The van der Waals surface area contributed by atoms with E-state index in [9.17, 15) is 14.0 Å². The fourth-order valence-corrected chi connectivity index (χ4v) is 9.58. The summed E-state index contributed by atoms with van der Waals surface area (Å²) in [4.78, 5) is 44.8. The number of esters is 1. The fraction of sp³-hybridized carbons (Fsp3) is 0.520. The second kappa shape index (κ2) is 25.6. The van der Waals surface area contributed by atoms with Crippen molar-refractivity contribution in [2.24, 2.45) is 4.99 Å². The summed E-state index contributed by atoms with van der Waals surface area (Å²) in [5, 5.41) is 9.97. The number of hydrogen-bond donors (Lipinski definition) is 0. The first-order chi connectivity index (χ1) is 32.7. The predicted octanol–water partition coefficient (Wildman–Crippen LogP) is 9.37. The van der Waals surface area contributed by atoms with Crippen LogP contribution in [-0.2, 0) is 27.4 Å². The van der Waals surface area contributed by atoms with Crippen molar-refractivity contribution in [3.05, 3.63) is 80.8 Å². The Morgan fingerprint density at radius 2 is 1.68 bits per heavy atom. The van der Waals surface area contributed by atoms with E-state index in [1.54, 1.807) is 35.4 Å². The Kier molecular flexibility index (Phi) is 20.3. The SMILES string of the molecule is COC(=O)c1nc(N(CCCCN(C)CCN(C)C(=O)OC(C)(C)C)c2cc(C)c(N=c3sc4ccccc4n3COCC[Si](C)(C)C)nn2)sc1CCCOc1ccc(C#CCN(C)C)cc1F. The molecule has 0 atom stereocenters. The quantitative estimate of drug-likeness (QED) is 0.0267. The Morgan fingerprint density at radius 3 is 2.38 bits per heavy atom. The molecule has 2 aromatic carbocycles. The van der Waals surface area contributed by atoms with E-state index in [0.717, 1.165) is 46.0 Å². The molecule has 0 radical (unpaired) electrons. The van der Waals surface area contributed by atoms with Crippen LogP contribution in [0.3, 0.4) is 0 Å². The van der Waals surface area contributed by atoms with Gasteiger partial charge in [-0.3, -0.25) is 9.47 Å². The number of thiazole rings is 2. The zero-order valence-corrected chi connectivity index (χ0v) is 45.1. The van der Waals surface area contributed by atoms with Crippen molar-refractivity contribution in [2.45, 2.75) is 91.4 Å². The summed E-state index contributed by atoms with van der Waals surface area (Å²) in [6.45, 7) is 18.9. The number of aryl methyl sites for hydroxylation is 2. The number of anilines is 2. The first kappa shape index (κ1) is 54.7. The van der Waals surface area contributed by atoms with Crippen molar-refractivity contribution in [1.82, 2.24) is 34.4 Å². The largest absolute Gasteiger partial charge is 0.491 e. The number of carbonyl (C=O) groups excluding carboxylic acids is 2. The Bertz CT molecular complexity index is 2630. The number of rotatable bonds is 23. The second-order valence-corrected chi connectivity index (χ2v) is 27.1. The lowest BCUT2D eigenvalue weighted by atomic mass is 10.2. The third-order valence-electron chi connectivity index (χ3n) is 10.6. The smallest absolute Gasteiger partial charge is 0.410 e. The number of methoxy groups -OCH3 is 1. The number of amides is 1. The topological polar surface area (TPSA) is 140 Å². The van der Waals surface area contributed by atoms with Gasteiger partial charge in [0.2, 0.25) is 0 Å². The molecule has 0 unspecified atom stereocenters. The van der Waals surface area contributed by atoms with Gasteiger partial charge in [0.15, 0.2) is 38.8 Å². The molecule has 0 fully saturated rings. The molecule has 0 spiro atoms. The third-order valence-corrected chi connectivity index (χ3v) is 14.5. The molecule has 0 aliphatic carbocycles. The van der Waals surface area contributed by atoms with Crippen molar-refractivity contribution in [3.63, 3.8) is 0 Å². The number of halogens is 1. The van der Waals surface area contributed by atoms with Crippen LogP contribution in [0.25, 0.3) is 10.2 Å². The van der Waals surface area contributed by atoms with Crippen LogP contribution >= 0.6 is 22.7 Å². The number of likely N-dealkylation sites (N-methyl/N-ethyl adjacent to an activating group) is 2. The lowest BCUT2D eigenvalue weighted by molar-refractivity contribution is 0.0286. The summed E-state index contributed by atoms with van der Waals surface area (Å²) < 4.78 is 40.9. The van der Waals surface area contributed by atoms with Gasteiger partial charge < -0.3 is 33.6 Å². The summed E-state index contributed by atoms with van der Waals surface area (Å²) in [5.41, 5.74) is 2.07. The zero-order chi connectivity index (χ0) is 50.3. The van der Waals surface area contributed by atoms with E-state index in [1.165, 1.54) is 24.5 Å². The van der Waals surface area contributed by atoms with Gasteiger partial charge >= 0.3 is 12.1 Å². The van der Waals surface area contributed by atoms with Gasteiger partial charge in [-0.2, -0.15) is 4.99 Å². The van der Waals surface area contributed by atoms with Gasteiger partial charge in [0.1, 0.15) is 12.3 Å². The van der Waals surface area contributed by atoms with Crippen LogP contribution in [0.15, 0.2) is 53.5 Å². The first-order valence-corrected chi connectivity index (χ1v) is 28.6. The van der Waals surface area contributed by atoms with E-state index in [-0.39, 0.29) is 24.1 Å². The molecule has 3 heterocycles. The number of fused-ring (bicyclic) bond motifs is 1. The minimum absolute atomic E-state index is 0.135. The lowest BCUT2D eigenvalue weighted by Gasteiger charge is -2.26. The Hall–Kier alpha value is -5.23. The molecule has 69 heavy (non-hydrogen) atoms. The van der Waals surface area contributed by atoms with Crippen LogP contribution in [-0.4, -0.2) is 141 Å². The van der Waals surface area contributed by atoms with Gasteiger partial charge in [0.05, 0.1) is 30.5 Å². The second-order valence-electron chi connectivity index (χ2n) is 19.4. The van der Waals surface area contributed by atoms with Crippen LogP contribution in [0, 0.1) is 24.6 Å². The highest BCUT2D eigenvalue weighted by atomic mass is 32.1. The molecule has 0 saturated carbocycles. The number of para-hydroxylation sites is 1. The van der Waals surface area contributed by atoms with E-state index in [4.69, 9.17) is 34.0 Å². The van der Waals surface area contributed by atoms with Crippen molar-refractivity contribution in [2.75, 3.05) is 86.1 Å². The van der Waals surface area contributed by atoms with Crippen LogP contribution in [0.2, 0.25) is 25.7 Å². The Morgan fingerprint density at radius 1 is 0.928 bits per heavy atom. The zero-order valence-electron chi connectivity index (χ0n) is 42.5. The molecule has 0 bridgehead atoms. The summed E-state index contributed by atoms with van der Waals surface area (Å²) in [6, 6.07) is 15.9. The standard InChI is InChI=1S/C50H70FN9O6S2Si/c1-36-33-43(54-55-45(36)53-48-60(35-64-31-32-69(10,11)12)39-20-13-14-21-41(39)67-48)59(27-16-15-26-57(7)28-29-58(8)49(62)66-50(2,3)4)47-52-44(46(61)63-9)42(68-47)22-18-30-65-40-24-23-37(34-38(40)51)19-17-25-56(5)6/h13-14,20-21,23-24,33-34H,15-16,18,22,25-32,35H2,1-12H3. The van der Waals surface area contributed by atoms with Crippen molar-refractivity contribution < 1.29 is 32.9 Å². The molecule has 0 aliphatic rings. The van der Waals surface area contributed by atoms with Gasteiger partial charge in [-0.15, -0.1) is 21.5 Å². The highest BCUT2D eigenvalue weighted by molar-refractivity contribution is 7.16. The van der Waals surface area contributed by atoms with Crippen LogP contribution in [0.5, 0.6) is 5.75 Å². The van der Waals surface area contributed by atoms with Crippen molar-refractivity contribution in [1.29, 1.82) is 0 Å². The van der Waals surface area contributed by atoms with E-state index in [2.05, 4.69) is 58.2 Å². The number of carbonyl (C=O) groups is 2. The maximum atomic E-state index is 15.0. The highest BCUT2D eigenvalue weighted by Crippen LogP contribution is 2.34. The van der Waals surface area contributed by atoms with Crippen molar-refractivity contribution >= 4 is 69.8 Å². The van der Waals surface area contributed by atoms with Crippen LogP contribution < -0.4 is 14.4 Å². The first-order valence-electron chi connectivity index (χ1n) is 23.3. The maximum absolute atomic E-state index is 15.0.